The second-order valence-corrected chi connectivity index (χ2v) is 4.39. The van der Waals surface area contributed by atoms with E-state index in [2.05, 4.69) is 17.2 Å². The molecule has 0 saturated heterocycles. The number of anilines is 1. The van der Waals surface area contributed by atoms with Gasteiger partial charge in [0, 0.05) is 35.6 Å². The van der Waals surface area contributed by atoms with Crippen LogP contribution in [0.15, 0.2) is 42.6 Å². The molecule has 1 heterocycles. The van der Waals surface area contributed by atoms with Gasteiger partial charge < -0.3 is 5.32 Å². The van der Waals surface area contributed by atoms with Crippen LogP contribution in [-0.4, -0.2) is 11.5 Å². The number of aryl methyl sites for hydroxylation is 1. The van der Waals surface area contributed by atoms with Crippen LogP contribution in [-0.2, 0) is 6.42 Å². The van der Waals surface area contributed by atoms with Gasteiger partial charge in [-0.15, -0.1) is 0 Å². The fourth-order valence-corrected chi connectivity index (χ4v) is 1.92. The topological polar surface area (TPSA) is 24.9 Å². The average Bonchev–Trinajstić information content (AvgIpc) is 2.33. The summed E-state index contributed by atoms with van der Waals surface area (Å²) in [5, 5.41) is 4.17. The lowest BCUT2D eigenvalue weighted by Gasteiger charge is -2.09. The molecule has 0 aliphatic carbocycles. The summed E-state index contributed by atoms with van der Waals surface area (Å²) in [6, 6.07) is 11.9. The van der Waals surface area contributed by atoms with E-state index in [0.29, 0.717) is 0 Å². The number of nitrogens with zero attached hydrogens (tertiary/aromatic N) is 1. The van der Waals surface area contributed by atoms with Crippen molar-refractivity contribution in [2.75, 3.05) is 11.9 Å². The molecule has 0 atom stereocenters. The molecule has 0 radical (unpaired) electrons. The van der Waals surface area contributed by atoms with E-state index in [1.165, 1.54) is 5.56 Å². The van der Waals surface area contributed by atoms with E-state index >= 15 is 0 Å². The van der Waals surface area contributed by atoms with Crippen LogP contribution in [0.4, 0.5) is 5.69 Å². The number of nitrogens with one attached hydrogen (secondary N) is 1. The molecule has 0 aliphatic rings. The van der Waals surface area contributed by atoms with Crippen LogP contribution in [0.2, 0.25) is 5.02 Å². The molecule has 2 aromatic rings. The van der Waals surface area contributed by atoms with E-state index in [1.54, 1.807) is 0 Å². The Morgan fingerprint density at radius 2 is 2.12 bits per heavy atom. The number of hydrogen-bond donors (Lipinski definition) is 1. The quantitative estimate of drug-likeness (QED) is 0.890. The van der Waals surface area contributed by atoms with Gasteiger partial charge in [-0.3, -0.25) is 4.98 Å². The highest BCUT2D eigenvalue weighted by atomic mass is 35.5. The first-order valence-electron chi connectivity index (χ1n) is 5.65. The van der Waals surface area contributed by atoms with Crippen molar-refractivity contribution in [3.05, 3.63) is 58.9 Å². The molecule has 1 aromatic heterocycles. The Labute approximate surface area is 107 Å². The zero-order chi connectivity index (χ0) is 12.1. The van der Waals surface area contributed by atoms with Gasteiger partial charge in [0.25, 0.3) is 0 Å². The minimum absolute atomic E-state index is 0.776. The third-order valence-electron chi connectivity index (χ3n) is 2.61. The Hall–Kier alpha value is -1.54. The standard InChI is InChI=1S/C14H15ClN2/c1-11-10-12(15)5-6-14(11)17-9-7-13-4-2-3-8-16-13/h2-6,8,10,17H,7,9H2,1H3. The summed E-state index contributed by atoms with van der Waals surface area (Å²) in [6.07, 6.45) is 2.74. The van der Waals surface area contributed by atoms with E-state index in [1.807, 2.05) is 42.6 Å². The maximum Gasteiger partial charge on any atom is 0.0421 e. The van der Waals surface area contributed by atoms with Gasteiger partial charge in [0.05, 0.1) is 0 Å². The summed E-state index contributed by atoms with van der Waals surface area (Å²) in [7, 11) is 0. The van der Waals surface area contributed by atoms with E-state index in [0.717, 1.165) is 29.4 Å². The highest BCUT2D eigenvalue weighted by Gasteiger charge is 1.99. The Balaban J connectivity index is 1.90. The number of pyridine rings is 1. The van der Waals surface area contributed by atoms with Gasteiger partial charge in [-0.1, -0.05) is 17.7 Å². The van der Waals surface area contributed by atoms with Crippen molar-refractivity contribution in [2.24, 2.45) is 0 Å². The lowest BCUT2D eigenvalue weighted by molar-refractivity contribution is 0.960. The first kappa shape index (κ1) is 11.9. The lowest BCUT2D eigenvalue weighted by Crippen LogP contribution is -2.06. The van der Waals surface area contributed by atoms with Crippen LogP contribution in [0.1, 0.15) is 11.3 Å². The second-order valence-electron chi connectivity index (χ2n) is 3.96. The van der Waals surface area contributed by atoms with E-state index in [-0.39, 0.29) is 0 Å². The van der Waals surface area contributed by atoms with Crippen molar-refractivity contribution >= 4 is 17.3 Å². The summed E-state index contributed by atoms with van der Waals surface area (Å²) >= 11 is 5.91. The molecule has 0 fully saturated rings. The van der Waals surface area contributed by atoms with Crippen LogP contribution in [0, 0.1) is 6.92 Å². The molecule has 2 nitrogen and oxygen atoms in total. The summed E-state index contributed by atoms with van der Waals surface area (Å²) < 4.78 is 0. The molecule has 0 aliphatic heterocycles. The number of halogens is 1. The van der Waals surface area contributed by atoms with E-state index < -0.39 is 0 Å². The zero-order valence-corrected chi connectivity index (χ0v) is 10.5. The van der Waals surface area contributed by atoms with Crippen LogP contribution in [0.5, 0.6) is 0 Å². The van der Waals surface area contributed by atoms with Gasteiger partial charge in [0.2, 0.25) is 0 Å². The third kappa shape index (κ3) is 3.46. The Morgan fingerprint density at radius 1 is 1.24 bits per heavy atom. The molecule has 0 spiro atoms. The summed E-state index contributed by atoms with van der Waals surface area (Å²) in [6.45, 7) is 2.93. The van der Waals surface area contributed by atoms with Crippen LogP contribution in [0.25, 0.3) is 0 Å². The summed E-state index contributed by atoms with van der Waals surface area (Å²) in [5.74, 6) is 0. The highest BCUT2D eigenvalue weighted by Crippen LogP contribution is 2.19. The molecule has 1 aromatic carbocycles. The molecule has 17 heavy (non-hydrogen) atoms. The van der Waals surface area contributed by atoms with Crippen molar-refractivity contribution in [3.8, 4) is 0 Å². The van der Waals surface area contributed by atoms with Gasteiger partial charge in [-0.2, -0.15) is 0 Å². The zero-order valence-electron chi connectivity index (χ0n) is 9.78. The summed E-state index contributed by atoms with van der Waals surface area (Å²) in [5.41, 5.74) is 3.40. The van der Waals surface area contributed by atoms with Gasteiger partial charge in [-0.25, -0.2) is 0 Å². The SMILES string of the molecule is Cc1cc(Cl)ccc1NCCc1ccccn1. The van der Waals surface area contributed by atoms with Crippen molar-refractivity contribution in [1.29, 1.82) is 0 Å². The largest absolute Gasteiger partial charge is 0.384 e. The van der Waals surface area contributed by atoms with Crippen molar-refractivity contribution in [1.82, 2.24) is 4.98 Å². The van der Waals surface area contributed by atoms with Crippen molar-refractivity contribution < 1.29 is 0 Å². The van der Waals surface area contributed by atoms with Crippen LogP contribution < -0.4 is 5.32 Å². The molecular weight excluding hydrogens is 232 g/mol. The smallest absolute Gasteiger partial charge is 0.0421 e. The average molecular weight is 247 g/mol. The van der Waals surface area contributed by atoms with Crippen molar-refractivity contribution in [2.45, 2.75) is 13.3 Å². The fourth-order valence-electron chi connectivity index (χ4n) is 1.70. The maximum atomic E-state index is 5.91. The molecule has 88 valence electrons. The number of rotatable bonds is 4. The number of hydrogen-bond acceptors (Lipinski definition) is 2. The molecule has 0 unspecified atom stereocenters. The first-order valence-corrected chi connectivity index (χ1v) is 6.03. The lowest BCUT2D eigenvalue weighted by atomic mass is 10.2. The Morgan fingerprint density at radius 3 is 2.82 bits per heavy atom. The number of aromatic nitrogens is 1. The van der Waals surface area contributed by atoms with Gasteiger partial charge in [0.1, 0.15) is 0 Å². The minimum Gasteiger partial charge on any atom is -0.384 e. The molecule has 1 N–H and O–H groups in total. The van der Waals surface area contributed by atoms with E-state index in [4.69, 9.17) is 11.6 Å². The van der Waals surface area contributed by atoms with Gasteiger partial charge in [-0.05, 0) is 42.8 Å². The van der Waals surface area contributed by atoms with Gasteiger partial charge >= 0.3 is 0 Å². The Bertz CT molecular complexity index is 483. The molecule has 0 bridgehead atoms. The predicted octanol–water partition coefficient (Wildman–Crippen LogP) is 3.70. The molecule has 0 saturated carbocycles. The van der Waals surface area contributed by atoms with Crippen LogP contribution in [0.3, 0.4) is 0 Å². The molecule has 0 amide bonds. The second kappa shape index (κ2) is 5.69. The Kier molecular flexibility index (Phi) is 3.99. The monoisotopic (exact) mass is 246 g/mol. The van der Waals surface area contributed by atoms with Crippen LogP contribution >= 0.6 is 11.6 Å². The van der Waals surface area contributed by atoms with E-state index in [9.17, 15) is 0 Å². The fraction of sp³-hybridized carbons (Fsp3) is 0.214. The predicted molar refractivity (Wildman–Crippen MR) is 72.6 cm³/mol. The first-order chi connectivity index (χ1) is 8.25. The molecule has 3 heteroatoms. The highest BCUT2D eigenvalue weighted by molar-refractivity contribution is 6.30. The molecular formula is C14H15ClN2. The van der Waals surface area contributed by atoms with Crippen molar-refractivity contribution in [3.63, 3.8) is 0 Å². The summed E-state index contributed by atoms with van der Waals surface area (Å²) in [4.78, 5) is 4.29. The normalized spacial score (nSPS) is 10.2. The maximum absolute atomic E-state index is 5.91. The van der Waals surface area contributed by atoms with Gasteiger partial charge in [0.15, 0.2) is 0 Å². The molecule has 2 rings (SSSR count). The third-order valence-corrected chi connectivity index (χ3v) is 2.85. The minimum atomic E-state index is 0.776. The number of benzene rings is 1.